The smallest absolute Gasteiger partial charge is 0.243 e. The lowest BCUT2D eigenvalue weighted by molar-refractivity contribution is -0.131. The number of piperazine rings is 1. The van der Waals surface area contributed by atoms with Gasteiger partial charge in [-0.1, -0.05) is 17.7 Å². The zero-order chi connectivity index (χ0) is 15.5. The second kappa shape index (κ2) is 6.55. The van der Waals surface area contributed by atoms with Gasteiger partial charge in [0.05, 0.1) is 11.4 Å². The summed E-state index contributed by atoms with van der Waals surface area (Å²) in [5.41, 5.74) is 1.02. The third-order valence-electron chi connectivity index (χ3n) is 3.58. The number of benzene rings is 1. The molecule has 0 saturated carbocycles. The van der Waals surface area contributed by atoms with Crippen LogP contribution in [0.4, 0.5) is 0 Å². The number of hydrogen-bond donors (Lipinski definition) is 1. The SMILES string of the molecule is CNCC(=O)N1CCN(S(=O)(=O)c2ccc(C)cc2)CC1. The number of sulfonamides is 1. The lowest BCUT2D eigenvalue weighted by Crippen LogP contribution is -2.52. The van der Waals surface area contributed by atoms with Crippen LogP contribution in [0.5, 0.6) is 0 Å². The molecule has 0 spiro atoms. The van der Waals surface area contributed by atoms with Gasteiger partial charge in [0.25, 0.3) is 0 Å². The zero-order valence-electron chi connectivity index (χ0n) is 12.4. The number of aryl methyl sites for hydroxylation is 1. The van der Waals surface area contributed by atoms with E-state index in [9.17, 15) is 13.2 Å². The Morgan fingerprint density at radius 3 is 2.24 bits per heavy atom. The molecular formula is C14H21N3O3S. The number of carbonyl (C=O) groups excluding carboxylic acids is 1. The van der Waals surface area contributed by atoms with E-state index in [0.717, 1.165) is 5.56 Å². The summed E-state index contributed by atoms with van der Waals surface area (Å²) in [7, 11) is -1.74. The highest BCUT2D eigenvalue weighted by molar-refractivity contribution is 7.89. The van der Waals surface area contributed by atoms with Crippen molar-refractivity contribution in [3.8, 4) is 0 Å². The lowest BCUT2D eigenvalue weighted by Gasteiger charge is -2.34. The number of hydrogen-bond acceptors (Lipinski definition) is 4. The molecule has 1 amide bonds. The van der Waals surface area contributed by atoms with Gasteiger partial charge >= 0.3 is 0 Å². The van der Waals surface area contributed by atoms with Crippen molar-refractivity contribution in [3.63, 3.8) is 0 Å². The van der Waals surface area contributed by atoms with Crippen molar-refractivity contribution in [1.82, 2.24) is 14.5 Å². The highest BCUT2D eigenvalue weighted by Crippen LogP contribution is 2.18. The van der Waals surface area contributed by atoms with E-state index in [-0.39, 0.29) is 12.5 Å². The largest absolute Gasteiger partial charge is 0.339 e. The van der Waals surface area contributed by atoms with Gasteiger partial charge in [0.1, 0.15) is 0 Å². The third-order valence-corrected chi connectivity index (χ3v) is 5.49. The molecule has 1 aromatic carbocycles. The number of amides is 1. The van der Waals surface area contributed by atoms with Crippen molar-refractivity contribution < 1.29 is 13.2 Å². The maximum atomic E-state index is 12.5. The normalized spacial score (nSPS) is 17.0. The Morgan fingerprint density at radius 1 is 1.14 bits per heavy atom. The summed E-state index contributed by atoms with van der Waals surface area (Å²) in [6.45, 7) is 3.75. The van der Waals surface area contributed by atoms with Gasteiger partial charge in [-0.05, 0) is 26.1 Å². The molecule has 6 nitrogen and oxygen atoms in total. The van der Waals surface area contributed by atoms with Gasteiger partial charge in [-0.3, -0.25) is 4.79 Å². The van der Waals surface area contributed by atoms with Gasteiger partial charge in [-0.2, -0.15) is 4.31 Å². The van der Waals surface area contributed by atoms with Crippen LogP contribution >= 0.6 is 0 Å². The highest BCUT2D eigenvalue weighted by Gasteiger charge is 2.29. The quantitative estimate of drug-likeness (QED) is 0.853. The molecule has 21 heavy (non-hydrogen) atoms. The van der Waals surface area contributed by atoms with E-state index in [1.807, 2.05) is 6.92 Å². The number of carbonyl (C=O) groups is 1. The number of likely N-dealkylation sites (N-methyl/N-ethyl adjacent to an activating group) is 1. The molecule has 1 N–H and O–H groups in total. The Bertz CT molecular complexity index is 590. The molecule has 0 aromatic heterocycles. The summed E-state index contributed by atoms with van der Waals surface area (Å²) in [6.07, 6.45) is 0. The first-order valence-electron chi connectivity index (χ1n) is 6.94. The van der Waals surface area contributed by atoms with Crippen LogP contribution in [0.2, 0.25) is 0 Å². The van der Waals surface area contributed by atoms with Crippen molar-refractivity contribution in [3.05, 3.63) is 29.8 Å². The van der Waals surface area contributed by atoms with Gasteiger partial charge in [-0.25, -0.2) is 8.42 Å². The van der Waals surface area contributed by atoms with Crippen LogP contribution in [0.1, 0.15) is 5.56 Å². The topological polar surface area (TPSA) is 69.7 Å². The second-order valence-electron chi connectivity index (χ2n) is 5.13. The average molecular weight is 311 g/mol. The molecule has 1 saturated heterocycles. The Kier molecular flexibility index (Phi) is 4.97. The molecule has 1 fully saturated rings. The van der Waals surface area contributed by atoms with Crippen molar-refractivity contribution in [1.29, 1.82) is 0 Å². The van der Waals surface area contributed by atoms with Crippen LogP contribution in [0.15, 0.2) is 29.2 Å². The number of nitrogens with one attached hydrogen (secondary N) is 1. The summed E-state index contributed by atoms with van der Waals surface area (Å²) in [6, 6.07) is 6.84. The highest BCUT2D eigenvalue weighted by atomic mass is 32.2. The fraction of sp³-hybridized carbons (Fsp3) is 0.500. The predicted octanol–water partition coefficient (Wildman–Crippen LogP) is 0.0473. The van der Waals surface area contributed by atoms with Gasteiger partial charge in [-0.15, -0.1) is 0 Å². The van der Waals surface area contributed by atoms with Crippen LogP contribution in [-0.4, -0.2) is 63.3 Å². The molecular weight excluding hydrogens is 290 g/mol. The van der Waals surface area contributed by atoms with E-state index in [2.05, 4.69) is 5.32 Å². The molecule has 0 radical (unpaired) electrons. The van der Waals surface area contributed by atoms with E-state index in [1.54, 1.807) is 36.2 Å². The molecule has 1 heterocycles. The first kappa shape index (κ1) is 15.9. The summed E-state index contributed by atoms with van der Waals surface area (Å²) >= 11 is 0. The van der Waals surface area contributed by atoms with Gasteiger partial charge in [0.2, 0.25) is 15.9 Å². The van der Waals surface area contributed by atoms with Crippen molar-refractivity contribution in [2.45, 2.75) is 11.8 Å². The lowest BCUT2D eigenvalue weighted by atomic mass is 10.2. The van der Waals surface area contributed by atoms with E-state index in [4.69, 9.17) is 0 Å². The Balaban J connectivity index is 2.04. The fourth-order valence-electron chi connectivity index (χ4n) is 2.30. The summed E-state index contributed by atoms with van der Waals surface area (Å²) in [5.74, 6) is 0.00452. The van der Waals surface area contributed by atoms with Gasteiger partial charge in [0, 0.05) is 26.2 Å². The van der Waals surface area contributed by atoms with E-state index in [1.165, 1.54) is 4.31 Å². The molecule has 0 atom stereocenters. The maximum Gasteiger partial charge on any atom is 0.243 e. The minimum atomic E-state index is -3.46. The molecule has 1 aromatic rings. The average Bonchev–Trinajstić information content (AvgIpc) is 2.48. The summed E-state index contributed by atoms with van der Waals surface area (Å²) in [4.78, 5) is 13.8. The summed E-state index contributed by atoms with van der Waals surface area (Å²) in [5, 5.41) is 2.81. The van der Waals surface area contributed by atoms with Crippen LogP contribution in [0, 0.1) is 6.92 Å². The molecule has 0 aliphatic carbocycles. The van der Waals surface area contributed by atoms with Crippen molar-refractivity contribution in [2.24, 2.45) is 0 Å². The fourth-order valence-corrected chi connectivity index (χ4v) is 3.72. The number of nitrogens with zero attached hydrogens (tertiary/aromatic N) is 2. The van der Waals surface area contributed by atoms with Crippen molar-refractivity contribution >= 4 is 15.9 Å². The molecule has 0 bridgehead atoms. The number of rotatable bonds is 4. The molecule has 1 aliphatic heterocycles. The zero-order valence-corrected chi connectivity index (χ0v) is 13.2. The van der Waals surface area contributed by atoms with Gasteiger partial charge in [0.15, 0.2) is 0 Å². The van der Waals surface area contributed by atoms with Crippen LogP contribution in [0.25, 0.3) is 0 Å². The molecule has 116 valence electrons. The standard InChI is InChI=1S/C14H21N3O3S/c1-12-3-5-13(6-4-12)21(19,20)17-9-7-16(8-10-17)14(18)11-15-2/h3-6,15H,7-11H2,1-2H3. The minimum absolute atomic E-state index is 0.00452. The van der Waals surface area contributed by atoms with Crippen LogP contribution in [-0.2, 0) is 14.8 Å². The van der Waals surface area contributed by atoms with E-state index >= 15 is 0 Å². The van der Waals surface area contributed by atoms with E-state index < -0.39 is 10.0 Å². The maximum absolute atomic E-state index is 12.5. The first-order chi connectivity index (χ1) is 9.95. The van der Waals surface area contributed by atoms with E-state index in [0.29, 0.717) is 31.1 Å². The van der Waals surface area contributed by atoms with Crippen LogP contribution in [0.3, 0.4) is 0 Å². The van der Waals surface area contributed by atoms with Crippen molar-refractivity contribution in [2.75, 3.05) is 39.8 Å². The van der Waals surface area contributed by atoms with Gasteiger partial charge < -0.3 is 10.2 Å². The molecule has 2 rings (SSSR count). The molecule has 1 aliphatic rings. The summed E-state index contributed by atoms with van der Waals surface area (Å²) < 4.78 is 26.5. The monoisotopic (exact) mass is 311 g/mol. The molecule has 0 unspecified atom stereocenters. The molecule has 7 heteroatoms. The van der Waals surface area contributed by atoms with Crippen LogP contribution < -0.4 is 5.32 Å². The third kappa shape index (κ3) is 3.61. The Morgan fingerprint density at radius 2 is 1.71 bits per heavy atom. The predicted molar refractivity (Wildman–Crippen MR) is 80.4 cm³/mol. The first-order valence-corrected chi connectivity index (χ1v) is 8.38. The Hall–Kier alpha value is -1.44. The Labute approximate surface area is 125 Å². The second-order valence-corrected chi connectivity index (χ2v) is 7.07. The minimum Gasteiger partial charge on any atom is -0.339 e.